The minimum atomic E-state index is -4.08. The van der Waals surface area contributed by atoms with Gasteiger partial charge >= 0.3 is 0 Å². The van der Waals surface area contributed by atoms with E-state index < -0.39 is 16.1 Å². The first-order chi connectivity index (χ1) is 18.5. The van der Waals surface area contributed by atoms with E-state index >= 15 is 0 Å². The van der Waals surface area contributed by atoms with Gasteiger partial charge in [0.05, 0.1) is 17.4 Å². The van der Waals surface area contributed by atoms with Crippen LogP contribution in [0.3, 0.4) is 0 Å². The lowest BCUT2D eigenvalue weighted by Gasteiger charge is -2.20. The number of hydrogen-bond donors (Lipinski definition) is 1. The van der Waals surface area contributed by atoms with Crippen molar-refractivity contribution in [3.63, 3.8) is 0 Å². The minimum Gasteiger partial charge on any atom is -0.485 e. The molecule has 1 atom stereocenters. The van der Waals surface area contributed by atoms with Gasteiger partial charge in [0.25, 0.3) is 0 Å². The van der Waals surface area contributed by atoms with Gasteiger partial charge < -0.3 is 4.74 Å². The summed E-state index contributed by atoms with van der Waals surface area (Å²) in [6.45, 7) is 3.72. The van der Waals surface area contributed by atoms with Crippen LogP contribution in [0.15, 0.2) is 72.0 Å². The lowest BCUT2D eigenvalue weighted by molar-refractivity contribution is 0.222. The molecule has 5 rings (SSSR count). The molecule has 0 aliphatic carbocycles. The number of primary sulfonamides is 1. The summed E-state index contributed by atoms with van der Waals surface area (Å²) >= 11 is 6.01. The Morgan fingerprint density at radius 3 is 2.54 bits per heavy atom. The lowest BCUT2D eigenvalue weighted by atomic mass is 9.96. The van der Waals surface area contributed by atoms with Gasteiger partial charge in [-0.15, -0.1) is 0 Å². The van der Waals surface area contributed by atoms with E-state index in [0.29, 0.717) is 11.1 Å². The number of aromatic nitrogens is 4. The van der Waals surface area contributed by atoms with Crippen LogP contribution in [0.2, 0.25) is 5.02 Å². The van der Waals surface area contributed by atoms with Crippen molar-refractivity contribution in [2.45, 2.75) is 24.8 Å². The molecule has 0 aliphatic rings. The number of sulfonamides is 1. The topological polar surface area (TPSA) is 137 Å². The number of aryl methyl sites for hydroxylation is 2. The quantitative estimate of drug-likeness (QED) is 0.298. The molecule has 2 aromatic carbocycles. The number of hydrogen-bond acceptors (Lipinski definition) is 7. The molecule has 3 heterocycles. The molecule has 0 fully saturated rings. The van der Waals surface area contributed by atoms with Crippen molar-refractivity contribution < 1.29 is 13.2 Å². The Kier molecular flexibility index (Phi) is 6.82. The third kappa shape index (κ3) is 5.33. The van der Waals surface area contributed by atoms with Crippen LogP contribution >= 0.6 is 11.6 Å². The Labute approximate surface area is 230 Å². The fourth-order valence-corrected chi connectivity index (χ4v) is 5.35. The highest BCUT2D eigenvalue weighted by atomic mass is 35.5. The Balaban J connectivity index is 1.60. The van der Waals surface area contributed by atoms with Gasteiger partial charge in [0.15, 0.2) is 0 Å². The van der Waals surface area contributed by atoms with Gasteiger partial charge in [-0.2, -0.15) is 10.4 Å². The minimum absolute atomic E-state index is 0.0843. The number of pyridine rings is 2. The van der Waals surface area contributed by atoms with Crippen LogP contribution in [0, 0.1) is 18.3 Å². The Hall–Kier alpha value is -4.30. The molecule has 5 aromatic rings. The molecule has 0 aliphatic heterocycles. The predicted octanol–water partition coefficient (Wildman–Crippen LogP) is 5.32. The van der Waals surface area contributed by atoms with Crippen molar-refractivity contribution in [3.05, 3.63) is 89.0 Å². The standard InChI is InChI=1S/C28H23ClN6O3S/c1-16-8-21(17(2)38-27-7-5-20(29)10-28(27)39(31,36)37)23-11-22(26(12-30)34-25(23)9-16)18-4-6-24(32-13-18)19-14-33-35(3)15-19/h4-11,13-15,17H,1-3H3,(H2,31,36,37)/t17-/m1/s1. The Morgan fingerprint density at radius 2 is 1.90 bits per heavy atom. The van der Waals surface area contributed by atoms with E-state index in [0.717, 1.165) is 33.3 Å². The van der Waals surface area contributed by atoms with Crippen LogP contribution in [0.25, 0.3) is 33.3 Å². The molecule has 0 amide bonds. The van der Waals surface area contributed by atoms with E-state index in [2.05, 4.69) is 21.1 Å². The normalized spacial score (nSPS) is 12.3. The summed E-state index contributed by atoms with van der Waals surface area (Å²) in [5.41, 5.74) is 5.52. The molecule has 9 nitrogen and oxygen atoms in total. The fraction of sp³-hybridized carbons (Fsp3) is 0.143. The number of rotatable bonds is 6. The summed E-state index contributed by atoms with van der Waals surface area (Å²) in [6.07, 6.45) is 4.71. The SMILES string of the molecule is Cc1cc([C@@H](C)Oc2ccc(Cl)cc2S(N)(=O)=O)c2cc(-c3ccc(-c4cnn(C)c4)nc3)c(C#N)nc2c1. The van der Waals surface area contributed by atoms with E-state index in [4.69, 9.17) is 21.5 Å². The Morgan fingerprint density at radius 1 is 1.10 bits per heavy atom. The maximum absolute atomic E-state index is 12.2. The van der Waals surface area contributed by atoms with E-state index in [1.807, 2.05) is 50.5 Å². The molecule has 11 heteroatoms. The van der Waals surface area contributed by atoms with Crippen molar-refractivity contribution in [3.8, 4) is 34.2 Å². The Bertz CT molecular complexity index is 1880. The van der Waals surface area contributed by atoms with Crippen molar-refractivity contribution in [1.82, 2.24) is 19.7 Å². The van der Waals surface area contributed by atoms with Crippen molar-refractivity contribution in [2.75, 3.05) is 0 Å². The van der Waals surface area contributed by atoms with Gasteiger partial charge in [-0.05, 0) is 55.8 Å². The first-order valence-corrected chi connectivity index (χ1v) is 13.8. The van der Waals surface area contributed by atoms with Crippen LogP contribution < -0.4 is 9.88 Å². The summed E-state index contributed by atoms with van der Waals surface area (Å²) in [6, 6.07) is 15.9. The molecule has 3 aromatic heterocycles. The van der Waals surface area contributed by atoms with E-state index in [9.17, 15) is 13.7 Å². The average Bonchev–Trinajstić information content (AvgIpc) is 3.34. The zero-order valence-corrected chi connectivity index (χ0v) is 22.8. The predicted molar refractivity (Wildman–Crippen MR) is 148 cm³/mol. The smallest absolute Gasteiger partial charge is 0.241 e. The monoisotopic (exact) mass is 558 g/mol. The zero-order chi connectivity index (χ0) is 27.9. The molecule has 0 spiro atoms. The second kappa shape index (κ2) is 10.1. The molecule has 39 heavy (non-hydrogen) atoms. The molecule has 0 saturated carbocycles. The number of fused-ring (bicyclic) bond motifs is 1. The molecule has 2 N–H and O–H groups in total. The number of nitriles is 1. The first kappa shape index (κ1) is 26.3. The van der Waals surface area contributed by atoms with Crippen LogP contribution in [0.4, 0.5) is 0 Å². The van der Waals surface area contributed by atoms with Crippen molar-refractivity contribution in [2.24, 2.45) is 12.2 Å². The third-order valence-electron chi connectivity index (χ3n) is 6.25. The highest BCUT2D eigenvalue weighted by Crippen LogP contribution is 2.35. The highest BCUT2D eigenvalue weighted by molar-refractivity contribution is 7.89. The summed E-state index contributed by atoms with van der Waals surface area (Å²) in [5, 5.41) is 20.5. The maximum atomic E-state index is 12.2. The van der Waals surface area contributed by atoms with Gasteiger partial charge in [-0.25, -0.2) is 18.5 Å². The molecule has 196 valence electrons. The molecule has 0 radical (unpaired) electrons. The van der Waals surface area contributed by atoms with E-state index in [1.165, 1.54) is 18.2 Å². The summed E-state index contributed by atoms with van der Waals surface area (Å²) < 4.78 is 32.1. The van der Waals surface area contributed by atoms with E-state index in [-0.39, 0.29) is 21.4 Å². The second-order valence-corrected chi connectivity index (χ2v) is 11.1. The fourth-order valence-electron chi connectivity index (χ4n) is 4.42. The van der Waals surface area contributed by atoms with Gasteiger partial charge in [0.2, 0.25) is 10.0 Å². The third-order valence-corrected chi connectivity index (χ3v) is 7.41. The number of ether oxygens (including phenoxy) is 1. The molecular weight excluding hydrogens is 536 g/mol. The number of benzene rings is 2. The average molecular weight is 559 g/mol. The van der Waals surface area contributed by atoms with Gasteiger partial charge in [0.1, 0.15) is 28.5 Å². The highest BCUT2D eigenvalue weighted by Gasteiger charge is 2.21. The first-order valence-electron chi connectivity index (χ1n) is 11.8. The van der Waals surface area contributed by atoms with E-state index in [1.54, 1.807) is 24.0 Å². The maximum Gasteiger partial charge on any atom is 0.241 e. The van der Waals surface area contributed by atoms with Crippen molar-refractivity contribution in [1.29, 1.82) is 5.26 Å². The second-order valence-electron chi connectivity index (χ2n) is 9.15. The van der Waals surface area contributed by atoms with Gasteiger partial charge in [-0.1, -0.05) is 23.7 Å². The number of halogens is 1. The lowest BCUT2D eigenvalue weighted by Crippen LogP contribution is -2.15. The van der Waals surface area contributed by atoms with Crippen LogP contribution in [0.5, 0.6) is 5.75 Å². The number of nitrogens with zero attached hydrogens (tertiary/aromatic N) is 5. The van der Waals surface area contributed by atoms with Crippen LogP contribution in [-0.4, -0.2) is 28.2 Å². The largest absolute Gasteiger partial charge is 0.485 e. The zero-order valence-electron chi connectivity index (χ0n) is 21.3. The molecular formula is C28H23ClN6O3S. The van der Waals surface area contributed by atoms with Crippen molar-refractivity contribution >= 4 is 32.5 Å². The summed E-state index contributed by atoms with van der Waals surface area (Å²) in [4.78, 5) is 9.00. The van der Waals surface area contributed by atoms with Gasteiger partial charge in [0, 0.05) is 52.1 Å². The summed E-state index contributed by atoms with van der Waals surface area (Å²) in [5.74, 6) is 0.0843. The number of nitrogens with two attached hydrogens (primary N) is 1. The molecule has 0 bridgehead atoms. The van der Waals surface area contributed by atoms with Crippen LogP contribution in [-0.2, 0) is 17.1 Å². The van der Waals surface area contributed by atoms with Crippen LogP contribution in [0.1, 0.15) is 29.8 Å². The molecule has 0 saturated heterocycles. The summed E-state index contributed by atoms with van der Waals surface area (Å²) in [7, 11) is -2.24. The molecule has 0 unspecified atom stereocenters. The van der Waals surface area contributed by atoms with Gasteiger partial charge in [-0.3, -0.25) is 9.67 Å².